The van der Waals surface area contributed by atoms with Crippen LogP contribution in [0.5, 0.6) is 5.75 Å². The molecule has 0 heterocycles. The number of benzene rings is 1. The van der Waals surface area contributed by atoms with E-state index in [0.717, 1.165) is 5.75 Å². The predicted octanol–water partition coefficient (Wildman–Crippen LogP) is 1.65. The molecule has 0 bridgehead atoms. The highest BCUT2D eigenvalue weighted by molar-refractivity contribution is 5.69. The summed E-state index contributed by atoms with van der Waals surface area (Å²) in [5.41, 5.74) is 0. The van der Waals surface area contributed by atoms with Crippen molar-refractivity contribution in [2.24, 2.45) is 0 Å². The number of carbonyl (C=O) groups is 1. The van der Waals surface area contributed by atoms with Gasteiger partial charge in [-0.05, 0) is 12.1 Å². The Hall–Kier alpha value is -1.55. The second kappa shape index (κ2) is 7.70. The van der Waals surface area contributed by atoms with Gasteiger partial charge in [0.05, 0.1) is 26.7 Å². The van der Waals surface area contributed by atoms with E-state index in [0.29, 0.717) is 19.8 Å². The molecule has 1 aromatic carbocycles. The average Bonchev–Trinajstić information content (AvgIpc) is 2.34. The molecule has 88 valence electrons. The first-order valence-electron chi connectivity index (χ1n) is 5.15. The zero-order chi connectivity index (χ0) is 11.6. The van der Waals surface area contributed by atoms with E-state index in [9.17, 15) is 4.79 Å². The lowest BCUT2D eigenvalue weighted by atomic mass is 10.3. The Bertz CT molecular complexity index is 297. The lowest BCUT2D eigenvalue weighted by Gasteiger charge is -2.06. The molecule has 4 heteroatoms. The number of carbonyl (C=O) groups excluding carboxylic acids is 1. The zero-order valence-electron chi connectivity index (χ0n) is 9.35. The number of hydrogen-bond acceptors (Lipinski definition) is 4. The maximum absolute atomic E-state index is 10.7. The molecule has 0 fully saturated rings. The number of esters is 1. The Morgan fingerprint density at radius 3 is 2.56 bits per heavy atom. The van der Waals surface area contributed by atoms with Crippen molar-refractivity contribution in [2.75, 3.05) is 26.9 Å². The lowest BCUT2D eigenvalue weighted by molar-refractivity contribution is -0.141. The average molecular weight is 224 g/mol. The molecule has 0 N–H and O–H groups in total. The van der Waals surface area contributed by atoms with Crippen LogP contribution in [-0.2, 0) is 14.3 Å². The molecule has 0 atom stereocenters. The second-order valence-corrected chi connectivity index (χ2v) is 3.10. The van der Waals surface area contributed by atoms with E-state index in [1.807, 2.05) is 30.3 Å². The highest BCUT2D eigenvalue weighted by atomic mass is 16.5. The maximum atomic E-state index is 10.7. The number of ether oxygens (including phenoxy) is 3. The fourth-order valence-corrected chi connectivity index (χ4v) is 1.09. The molecule has 0 aliphatic carbocycles. The smallest absolute Gasteiger partial charge is 0.307 e. The summed E-state index contributed by atoms with van der Waals surface area (Å²) in [7, 11) is 1.36. The minimum atomic E-state index is -0.260. The summed E-state index contributed by atoms with van der Waals surface area (Å²) in [6.07, 6.45) is 0.280. The van der Waals surface area contributed by atoms with Crippen LogP contribution >= 0.6 is 0 Å². The van der Waals surface area contributed by atoms with Gasteiger partial charge in [-0.2, -0.15) is 0 Å². The van der Waals surface area contributed by atoms with Crippen molar-refractivity contribution in [3.8, 4) is 5.75 Å². The third kappa shape index (κ3) is 5.36. The molecule has 0 aliphatic rings. The molecule has 1 aromatic rings. The van der Waals surface area contributed by atoms with E-state index in [1.54, 1.807) is 0 Å². The van der Waals surface area contributed by atoms with Gasteiger partial charge in [0.1, 0.15) is 12.4 Å². The largest absolute Gasteiger partial charge is 0.491 e. The fourth-order valence-electron chi connectivity index (χ4n) is 1.09. The van der Waals surface area contributed by atoms with E-state index in [2.05, 4.69) is 4.74 Å². The van der Waals surface area contributed by atoms with E-state index < -0.39 is 0 Å². The van der Waals surface area contributed by atoms with Crippen LogP contribution in [0.25, 0.3) is 0 Å². The summed E-state index contributed by atoms with van der Waals surface area (Å²) < 4.78 is 15.1. The molecule has 0 amide bonds. The predicted molar refractivity (Wildman–Crippen MR) is 59.4 cm³/mol. The molecule has 4 nitrogen and oxygen atoms in total. The monoisotopic (exact) mass is 224 g/mol. The van der Waals surface area contributed by atoms with Crippen LogP contribution in [-0.4, -0.2) is 32.9 Å². The highest BCUT2D eigenvalue weighted by Crippen LogP contribution is 2.07. The fraction of sp³-hybridized carbons (Fsp3) is 0.417. The normalized spacial score (nSPS) is 9.81. The minimum Gasteiger partial charge on any atom is -0.491 e. The molecule has 1 rings (SSSR count). The summed E-state index contributed by atoms with van der Waals surface area (Å²) in [5.74, 6) is 0.558. The molecule has 0 aliphatic heterocycles. The van der Waals surface area contributed by atoms with Crippen LogP contribution in [0.3, 0.4) is 0 Å². The van der Waals surface area contributed by atoms with Crippen molar-refractivity contribution in [3.63, 3.8) is 0 Å². The zero-order valence-corrected chi connectivity index (χ0v) is 9.35. The van der Waals surface area contributed by atoms with Gasteiger partial charge in [-0.1, -0.05) is 18.2 Å². The van der Waals surface area contributed by atoms with E-state index >= 15 is 0 Å². The maximum Gasteiger partial charge on any atom is 0.307 e. The Labute approximate surface area is 95.1 Å². The third-order valence-electron chi connectivity index (χ3n) is 1.92. The van der Waals surface area contributed by atoms with Gasteiger partial charge in [0.2, 0.25) is 0 Å². The van der Waals surface area contributed by atoms with Crippen LogP contribution < -0.4 is 4.74 Å². The van der Waals surface area contributed by atoms with Crippen LogP contribution in [0.1, 0.15) is 6.42 Å². The molecule has 0 spiro atoms. The topological polar surface area (TPSA) is 44.8 Å². The van der Waals surface area contributed by atoms with Gasteiger partial charge in [0.15, 0.2) is 0 Å². The van der Waals surface area contributed by atoms with E-state index in [4.69, 9.17) is 9.47 Å². The number of rotatable bonds is 7. The van der Waals surface area contributed by atoms with Gasteiger partial charge in [-0.15, -0.1) is 0 Å². The first-order chi connectivity index (χ1) is 7.83. The third-order valence-corrected chi connectivity index (χ3v) is 1.92. The Kier molecular flexibility index (Phi) is 6.03. The highest BCUT2D eigenvalue weighted by Gasteiger charge is 1.99. The summed E-state index contributed by atoms with van der Waals surface area (Å²) in [4.78, 5) is 10.7. The number of hydrogen-bond donors (Lipinski definition) is 0. The van der Waals surface area contributed by atoms with Crippen LogP contribution in [0, 0.1) is 0 Å². The van der Waals surface area contributed by atoms with Gasteiger partial charge < -0.3 is 14.2 Å². The van der Waals surface area contributed by atoms with Crippen molar-refractivity contribution in [3.05, 3.63) is 30.3 Å². The Balaban J connectivity index is 1.98. The molecular formula is C12H16O4. The number of methoxy groups -OCH3 is 1. The summed E-state index contributed by atoms with van der Waals surface area (Å²) in [6.45, 7) is 1.31. The van der Waals surface area contributed by atoms with Gasteiger partial charge in [-0.3, -0.25) is 4.79 Å². The quantitative estimate of drug-likeness (QED) is 0.521. The lowest BCUT2D eigenvalue weighted by Crippen LogP contribution is -2.10. The van der Waals surface area contributed by atoms with Crippen molar-refractivity contribution in [1.82, 2.24) is 0 Å². The summed E-state index contributed by atoms with van der Waals surface area (Å²) in [6, 6.07) is 9.52. The Morgan fingerprint density at radius 1 is 1.12 bits per heavy atom. The SMILES string of the molecule is COC(=O)CCOCCOc1ccccc1. The van der Waals surface area contributed by atoms with Crippen molar-refractivity contribution < 1.29 is 19.0 Å². The molecule has 0 radical (unpaired) electrons. The van der Waals surface area contributed by atoms with Crippen molar-refractivity contribution >= 4 is 5.97 Å². The molecule has 0 saturated carbocycles. The summed E-state index contributed by atoms with van der Waals surface area (Å²) >= 11 is 0. The van der Waals surface area contributed by atoms with Gasteiger partial charge in [0.25, 0.3) is 0 Å². The first-order valence-corrected chi connectivity index (χ1v) is 5.15. The van der Waals surface area contributed by atoms with Gasteiger partial charge in [-0.25, -0.2) is 0 Å². The van der Waals surface area contributed by atoms with Crippen LogP contribution in [0.15, 0.2) is 30.3 Å². The van der Waals surface area contributed by atoms with Crippen molar-refractivity contribution in [2.45, 2.75) is 6.42 Å². The second-order valence-electron chi connectivity index (χ2n) is 3.10. The van der Waals surface area contributed by atoms with Crippen LogP contribution in [0.2, 0.25) is 0 Å². The van der Waals surface area contributed by atoms with E-state index in [1.165, 1.54) is 7.11 Å². The minimum absolute atomic E-state index is 0.260. The standard InChI is InChI=1S/C12H16O4/c1-14-12(13)7-8-15-9-10-16-11-5-3-2-4-6-11/h2-6H,7-10H2,1H3. The first kappa shape index (κ1) is 12.5. The number of para-hydroxylation sites is 1. The molecule has 0 aromatic heterocycles. The molecular weight excluding hydrogens is 208 g/mol. The molecule has 0 saturated heterocycles. The summed E-state index contributed by atoms with van der Waals surface area (Å²) in [5, 5.41) is 0. The van der Waals surface area contributed by atoms with Crippen LogP contribution in [0.4, 0.5) is 0 Å². The Morgan fingerprint density at radius 2 is 1.88 bits per heavy atom. The van der Waals surface area contributed by atoms with Crippen molar-refractivity contribution in [1.29, 1.82) is 0 Å². The van der Waals surface area contributed by atoms with Gasteiger partial charge >= 0.3 is 5.97 Å². The molecule has 16 heavy (non-hydrogen) atoms. The molecule has 0 unspecified atom stereocenters. The van der Waals surface area contributed by atoms with Gasteiger partial charge in [0, 0.05) is 0 Å². The van der Waals surface area contributed by atoms with E-state index in [-0.39, 0.29) is 12.4 Å².